The molecule has 21 heavy (non-hydrogen) atoms. The molecule has 0 spiro atoms. The number of nitrogens with two attached hydrogens (primary N) is 1. The fourth-order valence-corrected chi connectivity index (χ4v) is 3.60. The summed E-state index contributed by atoms with van der Waals surface area (Å²) in [5, 5.41) is 0. The molecule has 7 heteroatoms. The maximum absolute atomic E-state index is 11.9. The van der Waals surface area contributed by atoms with Gasteiger partial charge in [0.1, 0.15) is 5.75 Å². The van der Waals surface area contributed by atoms with Gasteiger partial charge in [-0.2, -0.15) is 0 Å². The third-order valence-electron chi connectivity index (χ3n) is 3.27. The fourth-order valence-electron chi connectivity index (χ4n) is 2.24. The summed E-state index contributed by atoms with van der Waals surface area (Å²) in [5.41, 5.74) is 6.39. The zero-order chi connectivity index (χ0) is 15.9. The van der Waals surface area contributed by atoms with E-state index in [4.69, 9.17) is 5.73 Å². The highest BCUT2D eigenvalue weighted by atomic mass is 32.2. The predicted octanol–water partition coefficient (Wildman–Crippen LogP) is 1.28. The molecule has 0 saturated heterocycles. The molecule has 3 N–H and O–H groups in total. The van der Waals surface area contributed by atoms with Crippen LogP contribution in [0.1, 0.15) is 25.5 Å². The lowest BCUT2D eigenvalue weighted by Gasteiger charge is -2.30. The van der Waals surface area contributed by atoms with Crippen LogP contribution in [-0.4, -0.2) is 43.7 Å². The van der Waals surface area contributed by atoms with Gasteiger partial charge in [-0.25, -0.2) is 13.1 Å². The van der Waals surface area contributed by atoms with E-state index in [1.165, 1.54) is 0 Å². The molecule has 1 aromatic rings. The first-order chi connectivity index (χ1) is 9.89. The monoisotopic (exact) mass is 329 g/mol. The highest BCUT2D eigenvalue weighted by Gasteiger charge is 2.21. The summed E-state index contributed by atoms with van der Waals surface area (Å²) < 4.78 is 26.4. The third kappa shape index (κ3) is 6.09. The molecule has 118 valence electrons. The van der Waals surface area contributed by atoms with Gasteiger partial charge in [0.25, 0.3) is 0 Å². The van der Waals surface area contributed by atoms with Crippen molar-refractivity contribution in [1.82, 2.24) is 9.62 Å². The first-order valence-corrected chi connectivity index (χ1v) is 9.00. The largest absolute Gasteiger partial charge is 0.392 e. The Morgan fingerprint density at radius 3 is 2.33 bits per heavy atom. The molecule has 0 aromatic heterocycles. The minimum atomic E-state index is -3.48. The summed E-state index contributed by atoms with van der Waals surface area (Å²) in [5.74, 6) is -0.317. The summed E-state index contributed by atoms with van der Waals surface area (Å²) in [6.45, 7) is 6.10. The molecule has 0 aliphatic rings. The average Bonchev–Trinajstić information content (AvgIpc) is 2.43. The van der Waals surface area contributed by atoms with Crippen LogP contribution in [0.15, 0.2) is 30.3 Å². The van der Waals surface area contributed by atoms with Gasteiger partial charge in [-0.15, -0.1) is 0 Å². The maximum atomic E-state index is 11.9. The summed E-state index contributed by atoms with van der Waals surface area (Å²) in [4.78, 5) is 2.18. The van der Waals surface area contributed by atoms with Crippen molar-refractivity contribution in [1.29, 1.82) is 0 Å². The smallest absolute Gasteiger partial charge is 0.218 e. The number of nitrogens with one attached hydrogen (secondary N) is 1. The average molecular weight is 329 g/mol. The normalized spacial score (nSPS) is 13.3. The molecule has 0 saturated carbocycles. The summed E-state index contributed by atoms with van der Waals surface area (Å²) >= 11 is 4.66. The zero-order valence-electron chi connectivity index (χ0n) is 12.5. The van der Waals surface area contributed by atoms with E-state index in [1.807, 2.05) is 30.3 Å². The van der Waals surface area contributed by atoms with Crippen LogP contribution in [0.4, 0.5) is 0 Å². The topological polar surface area (TPSA) is 75.4 Å². The Morgan fingerprint density at radius 2 is 1.86 bits per heavy atom. The minimum Gasteiger partial charge on any atom is -0.392 e. The number of benzene rings is 1. The van der Waals surface area contributed by atoms with E-state index >= 15 is 0 Å². The van der Waals surface area contributed by atoms with Gasteiger partial charge in [-0.3, -0.25) is 4.90 Å². The SMILES string of the molecule is CCN(CC)C(CNS(=O)(=O)CC(N)=S)c1ccccc1. The second-order valence-corrected chi connectivity index (χ2v) is 7.05. The molecule has 0 aliphatic carbocycles. The number of thiocarbonyl (C=S) groups is 1. The standard InChI is InChI=1S/C14H23N3O2S2/c1-3-17(4-2)13(12-8-6-5-7-9-12)10-16-21(18,19)11-14(15)20/h5-9,13,16H,3-4,10-11H2,1-2H3,(H2,15,20). The van der Waals surface area contributed by atoms with Crippen LogP contribution < -0.4 is 10.5 Å². The van der Waals surface area contributed by atoms with Crippen LogP contribution in [-0.2, 0) is 10.0 Å². The molecule has 1 aromatic carbocycles. The van der Waals surface area contributed by atoms with Gasteiger partial charge in [-0.1, -0.05) is 56.4 Å². The molecule has 1 rings (SSSR count). The van der Waals surface area contributed by atoms with Gasteiger partial charge < -0.3 is 5.73 Å². The maximum Gasteiger partial charge on any atom is 0.218 e. The predicted molar refractivity (Wildman–Crippen MR) is 90.7 cm³/mol. The first-order valence-electron chi connectivity index (χ1n) is 6.94. The molecule has 5 nitrogen and oxygen atoms in total. The second-order valence-electron chi connectivity index (χ2n) is 4.72. The van der Waals surface area contributed by atoms with Crippen molar-refractivity contribution < 1.29 is 8.42 Å². The molecular weight excluding hydrogens is 306 g/mol. The summed E-state index contributed by atoms with van der Waals surface area (Å²) in [6, 6.07) is 9.85. The van der Waals surface area contributed by atoms with Crippen LogP contribution in [0, 0.1) is 0 Å². The van der Waals surface area contributed by atoms with E-state index in [9.17, 15) is 8.42 Å². The number of sulfonamides is 1. The summed E-state index contributed by atoms with van der Waals surface area (Å²) in [7, 11) is -3.48. The van der Waals surface area contributed by atoms with Crippen molar-refractivity contribution in [2.45, 2.75) is 19.9 Å². The van der Waals surface area contributed by atoms with Gasteiger partial charge in [0, 0.05) is 12.6 Å². The Balaban J connectivity index is 2.87. The van der Waals surface area contributed by atoms with Gasteiger partial charge in [0.2, 0.25) is 10.0 Å². The Kier molecular flexibility index (Phi) is 7.24. The molecule has 0 fully saturated rings. The lowest BCUT2D eigenvalue weighted by Crippen LogP contribution is -2.40. The number of hydrogen-bond donors (Lipinski definition) is 2. The van der Waals surface area contributed by atoms with E-state index < -0.39 is 10.0 Å². The Hall–Kier alpha value is -1.02. The van der Waals surface area contributed by atoms with E-state index in [1.54, 1.807) is 0 Å². The molecule has 0 amide bonds. The molecule has 1 atom stereocenters. The number of nitrogens with zero attached hydrogens (tertiary/aromatic N) is 1. The highest BCUT2D eigenvalue weighted by molar-refractivity contribution is 7.92. The molecule has 1 unspecified atom stereocenters. The Bertz CT molecular complexity index is 543. The number of likely N-dealkylation sites (N-methyl/N-ethyl adjacent to an activating group) is 1. The van der Waals surface area contributed by atoms with Gasteiger partial charge in [0.15, 0.2) is 0 Å². The zero-order valence-corrected chi connectivity index (χ0v) is 14.1. The van der Waals surface area contributed by atoms with Crippen molar-refractivity contribution in [2.24, 2.45) is 5.73 Å². The number of hydrogen-bond acceptors (Lipinski definition) is 4. The third-order valence-corrected chi connectivity index (χ3v) is 4.89. The van der Waals surface area contributed by atoms with Gasteiger partial charge in [-0.05, 0) is 18.7 Å². The molecule has 0 aliphatic heterocycles. The van der Waals surface area contributed by atoms with Crippen molar-refractivity contribution in [3.8, 4) is 0 Å². The lowest BCUT2D eigenvalue weighted by atomic mass is 10.1. The fraction of sp³-hybridized carbons (Fsp3) is 0.500. The minimum absolute atomic E-state index is 0.0117. The van der Waals surface area contributed by atoms with Gasteiger partial charge in [0.05, 0.1) is 4.99 Å². The lowest BCUT2D eigenvalue weighted by molar-refractivity contribution is 0.220. The van der Waals surface area contributed by atoms with Crippen LogP contribution >= 0.6 is 12.2 Å². The Labute approximate surface area is 132 Å². The van der Waals surface area contributed by atoms with Crippen LogP contribution in [0.25, 0.3) is 0 Å². The molecule has 0 bridgehead atoms. The molecular formula is C14H23N3O2S2. The first kappa shape index (κ1) is 18.0. The van der Waals surface area contributed by atoms with E-state index in [0.29, 0.717) is 6.54 Å². The van der Waals surface area contributed by atoms with E-state index in [0.717, 1.165) is 18.7 Å². The van der Waals surface area contributed by atoms with Crippen molar-refractivity contribution in [3.05, 3.63) is 35.9 Å². The summed E-state index contributed by atoms with van der Waals surface area (Å²) in [6.07, 6.45) is 0. The van der Waals surface area contributed by atoms with Gasteiger partial charge >= 0.3 is 0 Å². The molecule has 0 radical (unpaired) electrons. The van der Waals surface area contributed by atoms with Crippen molar-refractivity contribution in [2.75, 3.05) is 25.4 Å². The van der Waals surface area contributed by atoms with E-state index in [2.05, 4.69) is 35.7 Å². The van der Waals surface area contributed by atoms with Crippen LogP contribution in [0.5, 0.6) is 0 Å². The van der Waals surface area contributed by atoms with Crippen molar-refractivity contribution >= 4 is 27.2 Å². The second kappa shape index (κ2) is 8.43. The highest BCUT2D eigenvalue weighted by Crippen LogP contribution is 2.19. The molecule has 0 heterocycles. The van der Waals surface area contributed by atoms with Crippen molar-refractivity contribution in [3.63, 3.8) is 0 Å². The van der Waals surface area contributed by atoms with Crippen LogP contribution in [0.2, 0.25) is 0 Å². The number of rotatable bonds is 9. The van der Waals surface area contributed by atoms with E-state index in [-0.39, 0.29) is 16.8 Å². The Morgan fingerprint density at radius 1 is 1.29 bits per heavy atom. The van der Waals surface area contributed by atoms with Crippen LogP contribution in [0.3, 0.4) is 0 Å². The quantitative estimate of drug-likeness (QED) is 0.668.